The molecule has 1 unspecified atom stereocenters. The number of carbonyl (C=O) groups excluding carboxylic acids is 3. The number of amidine groups is 2. The van der Waals surface area contributed by atoms with Crippen molar-refractivity contribution in [1.29, 1.82) is 0 Å². The second kappa shape index (κ2) is 9.85. The Morgan fingerprint density at radius 3 is 2.56 bits per heavy atom. The zero-order valence-corrected chi connectivity index (χ0v) is 19.5. The normalized spacial score (nSPS) is 21.1. The molecule has 170 valence electrons. The lowest BCUT2D eigenvalue weighted by Crippen LogP contribution is -2.61. The number of nitrogens with zero attached hydrogens (tertiary/aromatic N) is 4. The molecule has 4 amide bonds. The van der Waals surface area contributed by atoms with Gasteiger partial charge in [-0.25, -0.2) is 9.69 Å². The van der Waals surface area contributed by atoms with Gasteiger partial charge in [0.25, 0.3) is 11.7 Å². The molecule has 2 saturated heterocycles. The van der Waals surface area contributed by atoms with Gasteiger partial charge in [0.15, 0.2) is 5.25 Å². The van der Waals surface area contributed by atoms with Crippen LogP contribution in [0.4, 0.5) is 4.79 Å². The van der Waals surface area contributed by atoms with Crippen molar-refractivity contribution in [3.63, 3.8) is 0 Å². The van der Waals surface area contributed by atoms with Gasteiger partial charge in [0.2, 0.25) is 5.91 Å². The molecular formula is C23H30N5O3S+. The number of aryl methyl sites for hydroxylation is 1. The highest BCUT2D eigenvalue weighted by atomic mass is 32.2. The van der Waals surface area contributed by atoms with E-state index in [0.29, 0.717) is 25.3 Å². The van der Waals surface area contributed by atoms with Gasteiger partial charge in [-0.2, -0.15) is 0 Å². The molecular weight excluding hydrogens is 426 g/mol. The van der Waals surface area contributed by atoms with E-state index in [1.54, 1.807) is 0 Å². The van der Waals surface area contributed by atoms with E-state index in [4.69, 9.17) is 4.99 Å². The molecule has 4 rings (SSSR count). The third-order valence-corrected chi connectivity index (χ3v) is 7.09. The van der Waals surface area contributed by atoms with E-state index in [0.717, 1.165) is 42.2 Å². The van der Waals surface area contributed by atoms with Crippen LogP contribution in [0.3, 0.4) is 0 Å². The fourth-order valence-electron chi connectivity index (χ4n) is 4.10. The highest BCUT2D eigenvalue weighted by Gasteiger charge is 2.53. The number of carbonyl (C=O) groups is 3. The lowest BCUT2D eigenvalue weighted by atomic mass is 10.1. The van der Waals surface area contributed by atoms with Gasteiger partial charge in [-0.1, -0.05) is 36.8 Å². The first-order valence-corrected chi connectivity index (χ1v) is 12.2. The quantitative estimate of drug-likeness (QED) is 0.666. The molecule has 9 heteroatoms. The molecule has 3 aliphatic rings. The molecule has 0 bridgehead atoms. The van der Waals surface area contributed by atoms with Crippen LogP contribution >= 0.6 is 11.8 Å². The maximum absolute atomic E-state index is 13.1. The molecule has 3 aliphatic heterocycles. The molecule has 1 aromatic carbocycles. The van der Waals surface area contributed by atoms with E-state index >= 15 is 0 Å². The van der Waals surface area contributed by atoms with E-state index in [9.17, 15) is 14.4 Å². The van der Waals surface area contributed by atoms with Gasteiger partial charge in [0.05, 0.1) is 13.1 Å². The first-order chi connectivity index (χ1) is 15.5. The lowest BCUT2D eigenvalue weighted by Gasteiger charge is -2.34. The molecule has 1 aromatic rings. The fourth-order valence-corrected chi connectivity index (χ4v) is 5.30. The van der Waals surface area contributed by atoms with Gasteiger partial charge >= 0.3 is 11.2 Å². The van der Waals surface area contributed by atoms with Gasteiger partial charge in [-0.3, -0.25) is 19.1 Å². The molecule has 0 saturated carbocycles. The largest absolute Gasteiger partial charge is 0.357 e. The second-order valence-corrected chi connectivity index (χ2v) is 9.49. The van der Waals surface area contributed by atoms with Gasteiger partial charge in [0, 0.05) is 13.1 Å². The smallest absolute Gasteiger partial charge is 0.350 e. The summed E-state index contributed by atoms with van der Waals surface area (Å²) in [6.07, 6.45) is 4.06. The zero-order valence-electron chi connectivity index (χ0n) is 18.7. The van der Waals surface area contributed by atoms with Crippen LogP contribution in [0, 0.1) is 6.92 Å². The van der Waals surface area contributed by atoms with Crippen LogP contribution in [0.1, 0.15) is 43.7 Å². The van der Waals surface area contributed by atoms with Gasteiger partial charge in [-0.05, 0) is 54.9 Å². The third kappa shape index (κ3) is 4.72. The number of hydrogen-bond donors (Lipinski definition) is 1. The first kappa shape index (κ1) is 22.5. The van der Waals surface area contributed by atoms with Crippen molar-refractivity contribution in [2.24, 2.45) is 4.99 Å². The Labute approximate surface area is 192 Å². The molecule has 0 aromatic heterocycles. The first-order valence-electron chi connectivity index (χ1n) is 11.3. The Bertz CT molecular complexity index is 964. The van der Waals surface area contributed by atoms with Crippen LogP contribution < -0.4 is 5.32 Å². The highest BCUT2D eigenvalue weighted by Crippen LogP contribution is 2.31. The maximum Gasteiger partial charge on any atom is 0.357 e. The number of fused-ring (bicyclic) bond motifs is 1. The number of thioether (sulfide) groups is 1. The molecule has 32 heavy (non-hydrogen) atoms. The average molecular weight is 457 g/mol. The summed E-state index contributed by atoms with van der Waals surface area (Å²) in [5.41, 5.74) is 2.15. The molecule has 0 radical (unpaired) electrons. The number of nitrogens with one attached hydrogen (secondary N) is 1. The van der Waals surface area contributed by atoms with Crippen molar-refractivity contribution in [2.45, 2.75) is 51.3 Å². The molecule has 0 aliphatic carbocycles. The van der Waals surface area contributed by atoms with E-state index in [1.165, 1.54) is 28.0 Å². The number of aliphatic imine (C=N–C) groups is 1. The van der Waals surface area contributed by atoms with Crippen LogP contribution in [0.25, 0.3) is 0 Å². The molecule has 0 spiro atoms. The summed E-state index contributed by atoms with van der Waals surface area (Å²) in [6.45, 7) is 6.32. The Morgan fingerprint density at radius 2 is 1.88 bits per heavy atom. The highest BCUT2D eigenvalue weighted by molar-refractivity contribution is 8.15. The Kier molecular flexibility index (Phi) is 6.93. The summed E-state index contributed by atoms with van der Waals surface area (Å²) in [6, 6.07) is 7.47. The summed E-state index contributed by atoms with van der Waals surface area (Å²) in [4.78, 5) is 46.3. The van der Waals surface area contributed by atoms with Gasteiger partial charge in [0.1, 0.15) is 6.54 Å². The molecule has 1 N–H and O–H groups in total. The lowest BCUT2D eigenvalue weighted by molar-refractivity contribution is -0.535. The average Bonchev–Trinajstić information content (AvgIpc) is 3.25. The minimum Gasteiger partial charge on any atom is -0.350 e. The minimum absolute atomic E-state index is 0.151. The van der Waals surface area contributed by atoms with E-state index in [2.05, 4.69) is 9.89 Å². The van der Waals surface area contributed by atoms with Crippen molar-refractivity contribution in [3.8, 4) is 0 Å². The predicted molar refractivity (Wildman–Crippen MR) is 125 cm³/mol. The van der Waals surface area contributed by atoms with E-state index < -0.39 is 11.3 Å². The number of hydrogen-bond acceptors (Lipinski definition) is 4. The Morgan fingerprint density at radius 1 is 1.16 bits per heavy atom. The summed E-state index contributed by atoms with van der Waals surface area (Å²) < 4.78 is 2.19. The van der Waals surface area contributed by atoms with Gasteiger partial charge < -0.3 is 5.32 Å². The van der Waals surface area contributed by atoms with Crippen molar-refractivity contribution in [1.82, 2.24) is 15.1 Å². The van der Waals surface area contributed by atoms with Crippen molar-refractivity contribution >= 4 is 40.6 Å². The van der Waals surface area contributed by atoms with Crippen molar-refractivity contribution in [3.05, 3.63) is 35.4 Å². The van der Waals surface area contributed by atoms with Crippen LogP contribution in [0.5, 0.6) is 0 Å². The van der Waals surface area contributed by atoms with Crippen molar-refractivity contribution < 1.29 is 19.0 Å². The fraction of sp³-hybridized carbons (Fsp3) is 0.522. The number of urea groups is 1. The molecule has 3 heterocycles. The van der Waals surface area contributed by atoms with Gasteiger partial charge in [-0.15, -0.1) is 0 Å². The molecule has 8 nitrogen and oxygen atoms in total. The molecule has 2 fully saturated rings. The topological polar surface area (TPSA) is 85.1 Å². The summed E-state index contributed by atoms with van der Waals surface area (Å²) >= 11 is 1.41. The second-order valence-electron chi connectivity index (χ2n) is 8.42. The van der Waals surface area contributed by atoms with Crippen LogP contribution in [-0.4, -0.2) is 74.7 Å². The monoisotopic (exact) mass is 456 g/mol. The number of benzene rings is 1. The summed E-state index contributed by atoms with van der Waals surface area (Å²) in [7, 11) is 0. The van der Waals surface area contributed by atoms with Crippen LogP contribution in [0.15, 0.2) is 29.3 Å². The third-order valence-electron chi connectivity index (χ3n) is 5.88. The standard InChI is InChI=1S/C23H29N5O3S/c1-3-11-27-21(30)19-20(25-22(32-19)26-12-5-4-6-13-26)28(23(27)31)15-18(29)24-14-17-9-7-16(2)8-10-17/h7-10,19H,3-6,11-15H2,1-2H3/p+1. The summed E-state index contributed by atoms with van der Waals surface area (Å²) in [5.74, 6) is -0.116. The number of amides is 4. The van der Waals surface area contributed by atoms with E-state index in [1.807, 2.05) is 38.1 Å². The Balaban J connectivity index is 1.53. The SMILES string of the molecule is CCCN1C(=O)C2SC(=[N+]3CCCCC3)N=C2N(CC(=O)NCc2ccc(C)cc2)C1=O. The molecule has 1 atom stereocenters. The Hall–Kier alpha value is -2.68. The maximum atomic E-state index is 13.1. The summed E-state index contributed by atoms with van der Waals surface area (Å²) in [5, 5.41) is 3.10. The predicted octanol–water partition coefficient (Wildman–Crippen LogP) is 2.35. The van der Waals surface area contributed by atoms with Crippen LogP contribution in [0.2, 0.25) is 0 Å². The minimum atomic E-state index is -0.568. The number of piperidine rings is 1. The van der Waals surface area contributed by atoms with Crippen molar-refractivity contribution in [2.75, 3.05) is 26.2 Å². The van der Waals surface area contributed by atoms with E-state index in [-0.39, 0.29) is 18.4 Å². The number of imide groups is 1. The number of rotatable bonds is 6. The van der Waals surface area contributed by atoms with Crippen LogP contribution in [-0.2, 0) is 16.1 Å². The zero-order chi connectivity index (χ0) is 22.7.